The van der Waals surface area contributed by atoms with Gasteiger partial charge in [0.15, 0.2) is 11.0 Å². The van der Waals surface area contributed by atoms with Crippen LogP contribution in [0.15, 0.2) is 77.3 Å². The first-order chi connectivity index (χ1) is 17.0. The molecule has 0 aliphatic carbocycles. The van der Waals surface area contributed by atoms with E-state index >= 15 is 0 Å². The van der Waals surface area contributed by atoms with Gasteiger partial charge in [0.2, 0.25) is 0 Å². The number of ketones is 1. The zero-order valence-corrected chi connectivity index (χ0v) is 22.2. The van der Waals surface area contributed by atoms with E-state index in [0.717, 1.165) is 28.5 Å². The number of hydrogen-bond acceptors (Lipinski definition) is 5. The highest BCUT2D eigenvalue weighted by molar-refractivity contribution is 8.16. The number of aliphatic imine (C=N–C) groups is 1. The van der Waals surface area contributed by atoms with Crippen molar-refractivity contribution >= 4 is 45.4 Å². The number of hydrogen-bond donors (Lipinski definition) is 1. The highest BCUT2D eigenvalue weighted by Crippen LogP contribution is 2.33. The SMILES string of the molecule is C/C=C/SC(=NC)Nc1cc(Oc2cccc3ccccc23)c(/C=C/C(=O)C(C)CC)cn1.CC. The van der Waals surface area contributed by atoms with Crippen LogP contribution < -0.4 is 10.1 Å². The van der Waals surface area contributed by atoms with Gasteiger partial charge < -0.3 is 10.1 Å². The molecule has 1 unspecified atom stereocenters. The van der Waals surface area contributed by atoms with Gasteiger partial charge in [-0.05, 0) is 42.4 Å². The molecule has 0 saturated carbocycles. The lowest BCUT2D eigenvalue weighted by Gasteiger charge is -2.14. The summed E-state index contributed by atoms with van der Waals surface area (Å²) in [4.78, 5) is 21.1. The van der Waals surface area contributed by atoms with E-state index in [-0.39, 0.29) is 11.7 Å². The Hall–Kier alpha value is -3.38. The van der Waals surface area contributed by atoms with Crippen LogP contribution in [-0.2, 0) is 4.79 Å². The summed E-state index contributed by atoms with van der Waals surface area (Å²) in [5, 5.41) is 7.99. The summed E-state index contributed by atoms with van der Waals surface area (Å²) in [6, 6.07) is 15.9. The van der Waals surface area contributed by atoms with Gasteiger partial charge in [0.1, 0.15) is 17.3 Å². The first kappa shape index (κ1) is 27.9. The average molecular weight is 490 g/mol. The van der Waals surface area contributed by atoms with Gasteiger partial charge in [-0.2, -0.15) is 0 Å². The Balaban J connectivity index is 0.00000210. The van der Waals surface area contributed by atoms with Gasteiger partial charge in [-0.15, -0.1) is 0 Å². The Morgan fingerprint density at radius 3 is 2.63 bits per heavy atom. The van der Waals surface area contributed by atoms with E-state index in [1.165, 1.54) is 11.8 Å². The van der Waals surface area contributed by atoms with Gasteiger partial charge in [-0.1, -0.05) is 81.9 Å². The molecular formula is C29H35N3O2S. The smallest absolute Gasteiger partial charge is 0.166 e. The number of aromatic nitrogens is 1. The van der Waals surface area contributed by atoms with Crippen molar-refractivity contribution in [2.75, 3.05) is 12.4 Å². The van der Waals surface area contributed by atoms with Gasteiger partial charge in [0.25, 0.3) is 0 Å². The van der Waals surface area contributed by atoms with Crippen molar-refractivity contribution in [3.63, 3.8) is 0 Å². The summed E-state index contributed by atoms with van der Waals surface area (Å²) in [7, 11) is 1.73. The lowest BCUT2D eigenvalue weighted by atomic mass is 10.0. The van der Waals surface area contributed by atoms with E-state index in [0.29, 0.717) is 16.7 Å². The van der Waals surface area contributed by atoms with E-state index in [1.54, 1.807) is 25.4 Å². The molecule has 2 aromatic carbocycles. The number of nitrogens with zero attached hydrogens (tertiary/aromatic N) is 2. The molecule has 0 fully saturated rings. The Bertz CT molecular complexity index is 1200. The molecule has 0 bridgehead atoms. The number of ether oxygens (including phenoxy) is 1. The van der Waals surface area contributed by atoms with Crippen LogP contribution in [0.25, 0.3) is 16.8 Å². The number of pyridine rings is 1. The maximum absolute atomic E-state index is 12.4. The third-order valence-electron chi connectivity index (χ3n) is 5.14. The molecule has 184 valence electrons. The van der Waals surface area contributed by atoms with Crippen molar-refractivity contribution in [1.82, 2.24) is 4.98 Å². The van der Waals surface area contributed by atoms with E-state index in [2.05, 4.69) is 27.4 Å². The number of anilines is 1. The van der Waals surface area contributed by atoms with E-state index in [9.17, 15) is 4.79 Å². The zero-order valence-electron chi connectivity index (χ0n) is 21.4. The number of rotatable bonds is 8. The molecule has 0 saturated heterocycles. The van der Waals surface area contributed by atoms with Crippen LogP contribution in [0.2, 0.25) is 0 Å². The van der Waals surface area contributed by atoms with Crippen molar-refractivity contribution in [3.8, 4) is 11.5 Å². The van der Waals surface area contributed by atoms with Gasteiger partial charge in [0, 0.05) is 36.2 Å². The number of nitrogens with one attached hydrogen (secondary N) is 1. The average Bonchev–Trinajstić information content (AvgIpc) is 2.91. The molecule has 1 aromatic heterocycles. The first-order valence-corrected chi connectivity index (χ1v) is 12.8. The fourth-order valence-electron chi connectivity index (χ4n) is 3.05. The highest BCUT2D eigenvalue weighted by Gasteiger charge is 2.12. The molecular weight excluding hydrogens is 454 g/mol. The van der Waals surface area contributed by atoms with Crippen LogP contribution in [0.1, 0.15) is 46.6 Å². The Morgan fingerprint density at radius 2 is 1.91 bits per heavy atom. The molecule has 3 aromatic rings. The van der Waals surface area contributed by atoms with Crippen LogP contribution in [0.5, 0.6) is 11.5 Å². The zero-order chi connectivity index (χ0) is 25.6. The van der Waals surface area contributed by atoms with Crippen molar-refractivity contribution in [1.29, 1.82) is 0 Å². The minimum atomic E-state index is -0.0236. The summed E-state index contributed by atoms with van der Waals surface area (Å²) < 4.78 is 6.38. The predicted octanol–water partition coefficient (Wildman–Crippen LogP) is 8.35. The number of allylic oxidation sites excluding steroid dienone is 2. The number of amidine groups is 1. The summed E-state index contributed by atoms with van der Waals surface area (Å²) in [6.45, 7) is 9.89. The van der Waals surface area contributed by atoms with Crippen molar-refractivity contribution in [2.45, 2.75) is 41.0 Å². The molecule has 1 N–H and O–H groups in total. The molecule has 5 nitrogen and oxygen atoms in total. The maximum atomic E-state index is 12.4. The largest absolute Gasteiger partial charge is 0.456 e. The third-order valence-corrected chi connectivity index (χ3v) is 6.06. The standard InChI is InChI=1S/C27H29N3O2S.C2H6/c1-5-16-33-27(28-4)30-26-17-25(21(18-29-26)14-15-23(31)19(3)6-2)32-24-13-9-11-20-10-7-8-12-22(20)24;1-2/h5,7-19H,6H2,1-4H3,(H,28,29,30);1-2H3/b15-14+,16-5+;. The van der Waals surface area contributed by atoms with Crippen molar-refractivity contribution in [2.24, 2.45) is 10.9 Å². The molecule has 1 heterocycles. The van der Waals surface area contributed by atoms with Crippen molar-refractivity contribution in [3.05, 3.63) is 77.9 Å². The quantitative estimate of drug-likeness (QED) is 0.196. The molecule has 3 rings (SSSR count). The first-order valence-electron chi connectivity index (χ1n) is 11.9. The second-order valence-electron chi connectivity index (χ2n) is 7.47. The predicted molar refractivity (Wildman–Crippen MR) is 152 cm³/mol. The van der Waals surface area contributed by atoms with Gasteiger partial charge in [0.05, 0.1) is 0 Å². The third kappa shape index (κ3) is 8.11. The van der Waals surface area contributed by atoms with Gasteiger partial charge in [-0.3, -0.25) is 9.79 Å². The minimum Gasteiger partial charge on any atom is -0.456 e. The fourth-order valence-corrected chi connectivity index (χ4v) is 3.58. The molecule has 0 aliphatic rings. The van der Waals surface area contributed by atoms with Crippen LogP contribution >= 0.6 is 11.8 Å². The van der Waals surface area contributed by atoms with Crippen LogP contribution in [0, 0.1) is 5.92 Å². The second-order valence-corrected chi connectivity index (χ2v) is 8.37. The van der Waals surface area contributed by atoms with E-state index in [1.807, 2.05) is 82.5 Å². The van der Waals surface area contributed by atoms with Gasteiger partial charge >= 0.3 is 0 Å². The molecule has 0 radical (unpaired) electrons. The van der Waals surface area contributed by atoms with E-state index in [4.69, 9.17) is 4.74 Å². The summed E-state index contributed by atoms with van der Waals surface area (Å²) in [5.74, 6) is 2.00. The molecule has 0 aliphatic heterocycles. The molecule has 6 heteroatoms. The maximum Gasteiger partial charge on any atom is 0.166 e. The van der Waals surface area contributed by atoms with Crippen LogP contribution in [0.4, 0.5) is 5.82 Å². The lowest BCUT2D eigenvalue weighted by molar-refractivity contribution is -0.117. The number of fused-ring (bicyclic) bond motifs is 1. The summed E-state index contributed by atoms with van der Waals surface area (Å²) in [5.41, 5.74) is 0.723. The summed E-state index contributed by atoms with van der Waals surface area (Å²) in [6.07, 6.45) is 7.83. The van der Waals surface area contributed by atoms with E-state index < -0.39 is 0 Å². The molecule has 1 atom stereocenters. The fraction of sp³-hybridized carbons (Fsp3) is 0.276. The minimum absolute atomic E-state index is 0.0236. The Labute approximate surface area is 213 Å². The highest BCUT2D eigenvalue weighted by atomic mass is 32.2. The number of thioether (sulfide) groups is 1. The van der Waals surface area contributed by atoms with Crippen LogP contribution in [-0.4, -0.2) is 23.0 Å². The number of benzene rings is 2. The van der Waals surface area contributed by atoms with Gasteiger partial charge in [-0.25, -0.2) is 4.98 Å². The monoisotopic (exact) mass is 489 g/mol. The Kier molecular flexibility index (Phi) is 11.8. The normalized spacial score (nSPS) is 12.5. The van der Waals surface area contributed by atoms with Crippen LogP contribution in [0.3, 0.4) is 0 Å². The molecule has 0 spiro atoms. The molecule has 0 amide bonds. The second kappa shape index (κ2) is 14.8. The van der Waals surface area contributed by atoms with Crippen molar-refractivity contribution < 1.29 is 9.53 Å². The number of carbonyl (C=O) groups is 1. The molecule has 35 heavy (non-hydrogen) atoms. The summed E-state index contributed by atoms with van der Waals surface area (Å²) >= 11 is 1.47. The lowest BCUT2D eigenvalue weighted by Crippen LogP contribution is -2.08. The topological polar surface area (TPSA) is 63.6 Å². The number of carbonyl (C=O) groups excluding carboxylic acids is 1. The Morgan fingerprint density at radius 1 is 1.17 bits per heavy atom.